The Labute approximate surface area is 126 Å². The van der Waals surface area contributed by atoms with Gasteiger partial charge in [-0.3, -0.25) is 4.79 Å². The van der Waals surface area contributed by atoms with Crippen LogP contribution >= 0.6 is 0 Å². The molecule has 0 radical (unpaired) electrons. The lowest BCUT2D eigenvalue weighted by molar-refractivity contribution is -0.133. The molecule has 2 fully saturated rings. The zero-order chi connectivity index (χ0) is 14.6. The third kappa shape index (κ3) is 2.02. The number of carbonyl (C=O) groups is 1. The monoisotopic (exact) mass is 284 g/mol. The molecule has 1 aromatic rings. The molecule has 0 aromatic heterocycles. The Morgan fingerprint density at radius 3 is 2.95 bits per heavy atom. The van der Waals surface area contributed by atoms with Gasteiger partial charge in [0, 0.05) is 18.5 Å². The van der Waals surface area contributed by atoms with Crippen molar-refractivity contribution in [2.45, 2.75) is 38.1 Å². The molecule has 1 amide bonds. The van der Waals surface area contributed by atoms with Gasteiger partial charge in [-0.2, -0.15) is 0 Å². The van der Waals surface area contributed by atoms with Crippen LogP contribution < -0.4 is 5.73 Å². The second kappa shape index (κ2) is 4.84. The van der Waals surface area contributed by atoms with Crippen molar-refractivity contribution in [3.63, 3.8) is 0 Å². The lowest BCUT2D eigenvalue weighted by Gasteiger charge is -2.22. The molecule has 1 heterocycles. The Bertz CT molecular complexity index is 570. The summed E-state index contributed by atoms with van der Waals surface area (Å²) in [6.07, 6.45) is 3.39. The first-order valence-electron chi connectivity index (χ1n) is 8.29. The van der Waals surface area contributed by atoms with Gasteiger partial charge in [0.25, 0.3) is 0 Å². The number of carbonyl (C=O) groups excluding carboxylic acids is 1. The third-order valence-electron chi connectivity index (χ3n) is 5.89. The van der Waals surface area contributed by atoms with Gasteiger partial charge >= 0.3 is 0 Å². The van der Waals surface area contributed by atoms with Gasteiger partial charge in [-0.25, -0.2) is 0 Å². The third-order valence-corrected chi connectivity index (χ3v) is 5.89. The summed E-state index contributed by atoms with van der Waals surface area (Å²) >= 11 is 0. The van der Waals surface area contributed by atoms with Gasteiger partial charge in [0.1, 0.15) is 0 Å². The van der Waals surface area contributed by atoms with E-state index in [9.17, 15) is 4.79 Å². The van der Waals surface area contributed by atoms with Gasteiger partial charge in [-0.15, -0.1) is 0 Å². The molecule has 3 heteroatoms. The van der Waals surface area contributed by atoms with Crippen molar-refractivity contribution < 1.29 is 4.79 Å². The molecule has 2 aliphatic carbocycles. The first-order valence-corrected chi connectivity index (χ1v) is 8.29. The maximum Gasteiger partial charge on any atom is 0.226 e. The predicted octanol–water partition coefficient (Wildman–Crippen LogP) is 2.16. The second-order valence-electron chi connectivity index (χ2n) is 7.13. The highest BCUT2D eigenvalue weighted by Gasteiger charge is 2.58. The number of fused-ring (bicyclic) bond motifs is 3. The number of nitrogens with two attached hydrogens (primary N) is 1. The van der Waals surface area contributed by atoms with Crippen LogP contribution in [0.3, 0.4) is 0 Å². The lowest BCUT2D eigenvalue weighted by atomic mass is 9.92. The van der Waals surface area contributed by atoms with E-state index >= 15 is 0 Å². The van der Waals surface area contributed by atoms with E-state index in [1.165, 1.54) is 17.5 Å². The van der Waals surface area contributed by atoms with E-state index in [-0.39, 0.29) is 5.92 Å². The largest absolute Gasteiger partial charge is 0.339 e. The smallest absolute Gasteiger partial charge is 0.226 e. The Morgan fingerprint density at radius 1 is 1.38 bits per heavy atom. The number of likely N-dealkylation sites (tertiary alicyclic amines) is 1. The van der Waals surface area contributed by atoms with Crippen LogP contribution in [0.2, 0.25) is 0 Å². The van der Waals surface area contributed by atoms with Crippen LogP contribution in [-0.2, 0) is 11.2 Å². The molecule has 2 N–H and O–H groups in total. The van der Waals surface area contributed by atoms with Crippen molar-refractivity contribution >= 4 is 5.91 Å². The Kier molecular flexibility index (Phi) is 3.07. The molecular formula is C18H24N2O. The summed E-state index contributed by atoms with van der Waals surface area (Å²) in [4.78, 5) is 15.1. The molecule has 0 bridgehead atoms. The normalized spacial score (nSPS) is 37.0. The molecular weight excluding hydrogens is 260 g/mol. The molecule has 5 atom stereocenters. The minimum absolute atomic E-state index is 0.243. The van der Waals surface area contributed by atoms with Gasteiger partial charge in [0.15, 0.2) is 0 Å². The summed E-state index contributed by atoms with van der Waals surface area (Å²) in [5, 5.41) is 0. The molecule has 4 rings (SSSR count). The standard InChI is InChI=1S/C18H24N2O/c1-11-8-12(9-19)10-20(11)18(21)17-15-7-6-13-4-2-3-5-14(13)16(15)17/h2-5,11-12,15-17H,6-10,19H2,1H3. The number of amides is 1. The van der Waals surface area contributed by atoms with Gasteiger partial charge in [-0.05, 0) is 61.6 Å². The van der Waals surface area contributed by atoms with Crippen molar-refractivity contribution in [3.05, 3.63) is 35.4 Å². The first kappa shape index (κ1) is 13.3. The van der Waals surface area contributed by atoms with E-state index in [2.05, 4.69) is 36.1 Å². The summed E-state index contributed by atoms with van der Waals surface area (Å²) < 4.78 is 0. The quantitative estimate of drug-likeness (QED) is 0.904. The molecule has 21 heavy (non-hydrogen) atoms. The molecule has 3 aliphatic rings. The number of hydrogen-bond acceptors (Lipinski definition) is 2. The summed E-state index contributed by atoms with van der Waals surface area (Å²) in [7, 11) is 0. The van der Waals surface area contributed by atoms with Crippen molar-refractivity contribution in [1.82, 2.24) is 4.90 Å². The van der Waals surface area contributed by atoms with Crippen LogP contribution in [0.1, 0.15) is 36.8 Å². The maximum atomic E-state index is 12.9. The van der Waals surface area contributed by atoms with Crippen molar-refractivity contribution in [2.75, 3.05) is 13.1 Å². The summed E-state index contributed by atoms with van der Waals surface area (Å²) in [5.41, 5.74) is 8.69. The first-order chi connectivity index (χ1) is 10.2. The topological polar surface area (TPSA) is 46.3 Å². The van der Waals surface area contributed by atoms with E-state index in [0.29, 0.717) is 36.2 Å². The average Bonchev–Trinajstić information content (AvgIpc) is 3.14. The Hall–Kier alpha value is -1.35. The highest BCUT2D eigenvalue weighted by molar-refractivity contribution is 5.84. The van der Waals surface area contributed by atoms with Gasteiger partial charge < -0.3 is 10.6 Å². The number of hydrogen-bond donors (Lipinski definition) is 1. The zero-order valence-electron chi connectivity index (χ0n) is 12.7. The van der Waals surface area contributed by atoms with Gasteiger partial charge in [0.05, 0.1) is 0 Å². The number of nitrogens with zero attached hydrogens (tertiary/aromatic N) is 1. The van der Waals surface area contributed by atoms with Crippen molar-refractivity contribution in [3.8, 4) is 0 Å². The minimum atomic E-state index is 0.243. The van der Waals surface area contributed by atoms with E-state index in [4.69, 9.17) is 5.73 Å². The number of aryl methyl sites for hydroxylation is 1. The van der Waals surface area contributed by atoms with Gasteiger partial charge in [-0.1, -0.05) is 24.3 Å². The van der Waals surface area contributed by atoms with E-state index < -0.39 is 0 Å². The molecule has 1 aromatic carbocycles. The highest BCUT2D eigenvalue weighted by atomic mass is 16.2. The number of benzene rings is 1. The van der Waals surface area contributed by atoms with Crippen LogP contribution in [0, 0.1) is 17.8 Å². The van der Waals surface area contributed by atoms with Gasteiger partial charge in [0.2, 0.25) is 5.91 Å². The maximum absolute atomic E-state index is 12.9. The Balaban J connectivity index is 1.53. The summed E-state index contributed by atoms with van der Waals surface area (Å²) in [6, 6.07) is 9.06. The fraction of sp³-hybridized carbons (Fsp3) is 0.611. The van der Waals surface area contributed by atoms with Crippen LogP contribution in [-0.4, -0.2) is 29.9 Å². The van der Waals surface area contributed by atoms with E-state index in [1.807, 2.05) is 0 Å². The van der Waals surface area contributed by atoms with E-state index in [1.54, 1.807) is 0 Å². The van der Waals surface area contributed by atoms with Crippen molar-refractivity contribution in [1.29, 1.82) is 0 Å². The average molecular weight is 284 g/mol. The molecule has 1 saturated heterocycles. The van der Waals surface area contributed by atoms with E-state index in [0.717, 1.165) is 19.4 Å². The molecule has 1 aliphatic heterocycles. The van der Waals surface area contributed by atoms with Crippen LogP contribution in [0.4, 0.5) is 0 Å². The molecule has 1 saturated carbocycles. The molecule has 3 nitrogen and oxygen atoms in total. The lowest BCUT2D eigenvalue weighted by Crippen LogP contribution is -2.36. The zero-order valence-corrected chi connectivity index (χ0v) is 12.7. The second-order valence-corrected chi connectivity index (χ2v) is 7.13. The molecule has 112 valence electrons. The Morgan fingerprint density at radius 2 is 2.19 bits per heavy atom. The van der Waals surface area contributed by atoms with Crippen LogP contribution in [0.25, 0.3) is 0 Å². The minimum Gasteiger partial charge on any atom is -0.339 e. The summed E-state index contributed by atoms with van der Waals surface area (Å²) in [5.74, 6) is 2.22. The van der Waals surface area contributed by atoms with Crippen LogP contribution in [0.5, 0.6) is 0 Å². The highest BCUT2D eigenvalue weighted by Crippen LogP contribution is 2.60. The summed E-state index contributed by atoms with van der Waals surface area (Å²) in [6.45, 7) is 3.75. The SMILES string of the molecule is CC1CC(CN)CN1C(=O)C1C2CCc3ccccc3C21. The number of rotatable bonds is 2. The van der Waals surface area contributed by atoms with Crippen LogP contribution in [0.15, 0.2) is 24.3 Å². The predicted molar refractivity (Wildman–Crippen MR) is 82.8 cm³/mol. The molecule has 0 spiro atoms. The molecule has 5 unspecified atom stereocenters. The fourth-order valence-corrected chi connectivity index (χ4v) is 4.71. The van der Waals surface area contributed by atoms with Crippen molar-refractivity contribution in [2.24, 2.45) is 23.5 Å². The fourth-order valence-electron chi connectivity index (χ4n) is 4.71.